The molecule has 0 aromatic rings. The van der Waals surface area contributed by atoms with E-state index >= 15 is 0 Å². The molecule has 0 aliphatic carbocycles. The molecule has 0 bridgehead atoms. The highest BCUT2D eigenvalue weighted by Crippen LogP contribution is 2.23. The van der Waals surface area contributed by atoms with Crippen molar-refractivity contribution in [2.45, 2.75) is 25.6 Å². The van der Waals surface area contributed by atoms with Gasteiger partial charge in [-0.1, -0.05) is 0 Å². The van der Waals surface area contributed by atoms with Gasteiger partial charge in [0.05, 0.1) is 18.1 Å². The smallest absolute Gasteiger partial charge is 0.245 e. The van der Waals surface area contributed by atoms with Gasteiger partial charge in [0.2, 0.25) is 12.3 Å². The van der Waals surface area contributed by atoms with Gasteiger partial charge in [-0.25, -0.2) is 8.78 Å². The molecule has 2 N–H and O–H groups in total. The second-order valence-corrected chi connectivity index (χ2v) is 3.48. The lowest BCUT2D eigenvalue weighted by atomic mass is 9.93. The molecule has 14 heavy (non-hydrogen) atoms. The zero-order valence-corrected chi connectivity index (χ0v) is 7.73. The van der Waals surface area contributed by atoms with E-state index in [2.05, 4.69) is 0 Å². The summed E-state index contributed by atoms with van der Waals surface area (Å²) in [6, 6.07) is 0. The van der Waals surface area contributed by atoms with Gasteiger partial charge in [0, 0.05) is 20.0 Å². The largest absolute Gasteiger partial charge is 0.390 e. The molecule has 1 aliphatic heterocycles. The van der Waals surface area contributed by atoms with E-state index in [0.29, 0.717) is 0 Å². The van der Waals surface area contributed by atoms with Crippen LogP contribution in [0.2, 0.25) is 0 Å². The van der Waals surface area contributed by atoms with Crippen LogP contribution in [0.1, 0.15) is 6.92 Å². The maximum atomic E-state index is 12.4. The number of rotatable bonds is 1. The fourth-order valence-electron chi connectivity index (χ4n) is 1.54. The summed E-state index contributed by atoms with van der Waals surface area (Å²) < 4.78 is 24.7. The van der Waals surface area contributed by atoms with Crippen molar-refractivity contribution in [3.05, 3.63) is 0 Å². The number of halogens is 2. The third kappa shape index (κ3) is 2.19. The van der Waals surface area contributed by atoms with Crippen LogP contribution < -0.4 is 0 Å². The average Bonchev–Trinajstić information content (AvgIpc) is 2.08. The number of hydrogen-bond acceptors (Lipinski definition) is 3. The predicted octanol–water partition coefficient (Wildman–Crippen LogP) is -0.548. The highest BCUT2D eigenvalue weighted by atomic mass is 19.3. The second-order valence-electron chi connectivity index (χ2n) is 3.48. The molecule has 1 aliphatic rings. The standard InChI is InChI=1S/C8H13F2NO3/c1-4(12)11-2-5(8(9)10)7(14)6(13)3-11/h5-8,13-14H,2-3H2,1H3/t5?,6-,7-/m1/s1. The van der Waals surface area contributed by atoms with Gasteiger partial charge >= 0.3 is 0 Å². The molecule has 4 nitrogen and oxygen atoms in total. The zero-order chi connectivity index (χ0) is 10.9. The average molecular weight is 209 g/mol. The quantitative estimate of drug-likeness (QED) is 0.609. The summed E-state index contributed by atoms with van der Waals surface area (Å²) in [5.74, 6) is -1.73. The minimum Gasteiger partial charge on any atom is -0.390 e. The van der Waals surface area contributed by atoms with E-state index in [4.69, 9.17) is 0 Å². The fourth-order valence-corrected chi connectivity index (χ4v) is 1.54. The molecule has 0 spiro atoms. The van der Waals surface area contributed by atoms with E-state index in [1.165, 1.54) is 6.92 Å². The highest BCUT2D eigenvalue weighted by Gasteiger charge is 2.40. The number of β-amino-alcohol motifs (C(OH)–C–C–N with tert-alkyl or cyclic N) is 1. The van der Waals surface area contributed by atoms with E-state index in [9.17, 15) is 23.8 Å². The topological polar surface area (TPSA) is 60.8 Å². The van der Waals surface area contributed by atoms with E-state index < -0.39 is 24.6 Å². The molecule has 6 heteroatoms. The molecule has 0 aromatic heterocycles. The Bertz CT molecular complexity index is 225. The number of aliphatic hydroxyl groups is 2. The summed E-state index contributed by atoms with van der Waals surface area (Å²) in [4.78, 5) is 12.0. The SMILES string of the molecule is CC(=O)N1CC(C(F)F)[C@@H](O)[C@H](O)C1. The minimum atomic E-state index is -2.73. The summed E-state index contributed by atoms with van der Waals surface area (Å²) in [7, 11) is 0. The van der Waals surface area contributed by atoms with Gasteiger partial charge in [-0.15, -0.1) is 0 Å². The van der Waals surface area contributed by atoms with Crippen LogP contribution in [-0.2, 0) is 4.79 Å². The summed E-state index contributed by atoms with van der Waals surface area (Å²) >= 11 is 0. The molecule has 1 fully saturated rings. The van der Waals surface area contributed by atoms with Crippen molar-refractivity contribution in [2.75, 3.05) is 13.1 Å². The van der Waals surface area contributed by atoms with Crippen LogP contribution in [-0.4, -0.2) is 52.7 Å². The van der Waals surface area contributed by atoms with Gasteiger partial charge in [-0.2, -0.15) is 0 Å². The Balaban J connectivity index is 2.71. The lowest BCUT2D eigenvalue weighted by Gasteiger charge is -2.38. The number of nitrogens with zero attached hydrogens (tertiary/aromatic N) is 1. The van der Waals surface area contributed by atoms with Gasteiger partial charge in [0.15, 0.2) is 0 Å². The molecular weight excluding hydrogens is 196 g/mol. The summed E-state index contributed by atoms with van der Waals surface area (Å²) in [5.41, 5.74) is 0. The summed E-state index contributed by atoms with van der Waals surface area (Å²) in [5, 5.41) is 18.5. The molecule has 0 radical (unpaired) electrons. The predicted molar refractivity (Wildman–Crippen MR) is 43.8 cm³/mol. The Kier molecular flexibility index (Phi) is 3.38. The zero-order valence-electron chi connectivity index (χ0n) is 7.73. The maximum absolute atomic E-state index is 12.4. The van der Waals surface area contributed by atoms with Gasteiger partial charge in [0.1, 0.15) is 0 Å². The maximum Gasteiger partial charge on any atom is 0.245 e. The van der Waals surface area contributed by atoms with Crippen LogP contribution in [0, 0.1) is 5.92 Å². The van der Waals surface area contributed by atoms with Crippen molar-refractivity contribution in [1.29, 1.82) is 0 Å². The fraction of sp³-hybridized carbons (Fsp3) is 0.875. The monoisotopic (exact) mass is 209 g/mol. The number of likely N-dealkylation sites (tertiary alicyclic amines) is 1. The number of carbonyl (C=O) groups excluding carboxylic acids is 1. The molecule has 1 heterocycles. The lowest BCUT2D eigenvalue weighted by Crippen LogP contribution is -2.55. The van der Waals surface area contributed by atoms with E-state index in [0.717, 1.165) is 4.90 Å². The first-order valence-corrected chi connectivity index (χ1v) is 4.33. The van der Waals surface area contributed by atoms with Gasteiger partial charge in [-0.05, 0) is 0 Å². The van der Waals surface area contributed by atoms with Crippen molar-refractivity contribution in [3.8, 4) is 0 Å². The van der Waals surface area contributed by atoms with Crippen LogP contribution in [0.15, 0.2) is 0 Å². The Labute approximate surface area is 80.1 Å². The third-order valence-electron chi connectivity index (χ3n) is 2.44. The first-order valence-electron chi connectivity index (χ1n) is 4.33. The van der Waals surface area contributed by atoms with Crippen molar-refractivity contribution in [1.82, 2.24) is 4.90 Å². The third-order valence-corrected chi connectivity index (χ3v) is 2.44. The summed E-state index contributed by atoms with van der Waals surface area (Å²) in [6.07, 6.45) is -5.47. The van der Waals surface area contributed by atoms with Crippen LogP contribution in [0.25, 0.3) is 0 Å². The van der Waals surface area contributed by atoms with Gasteiger partial charge < -0.3 is 15.1 Å². The molecule has 3 atom stereocenters. The molecule has 0 saturated carbocycles. The number of amides is 1. The van der Waals surface area contributed by atoms with Crippen LogP contribution >= 0.6 is 0 Å². The number of carbonyl (C=O) groups is 1. The first kappa shape index (κ1) is 11.3. The number of hydrogen-bond donors (Lipinski definition) is 2. The van der Waals surface area contributed by atoms with Crippen LogP contribution in [0.3, 0.4) is 0 Å². The molecule has 1 rings (SSSR count). The highest BCUT2D eigenvalue weighted by molar-refractivity contribution is 5.73. The van der Waals surface area contributed by atoms with Crippen molar-refractivity contribution in [3.63, 3.8) is 0 Å². The minimum absolute atomic E-state index is 0.0836. The molecule has 1 unspecified atom stereocenters. The lowest BCUT2D eigenvalue weighted by molar-refractivity contribution is -0.148. The number of piperidine rings is 1. The van der Waals surface area contributed by atoms with Crippen LogP contribution in [0.4, 0.5) is 8.78 Å². The first-order chi connectivity index (χ1) is 6.43. The summed E-state index contributed by atoms with van der Waals surface area (Å²) in [6.45, 7) is 0.956. The van der Waals surface area contributed by atoms with Crippen molar-refractivity contribution in [2.24, 2.45) is 5.92 Å². The molecule has 0 aromatic carbocycles. The van der Waals surface area contributed by atoms with Crippen LogP contribution in [0.5, 0.6) is 0 Å². The molecule has 1 saturated heterocycles. The Hall–Kier alpha value is -0.750. The van der Waals surface area contributed by atoms with Gasteiger partial charge in [-0.3, -0.25) is 4.79 Å². The van der Waals surface area contributed by atoms with Gasteiger partial charge in [0.25, 0.3) is 0 Å². The van der Waals surface area contributed by atoms with E-state index in [-0.39, 0.29) is 19.0 Å². The van der Waals surface area contributed by atoms with Crippen molar-refractivity contribution >= 4 is 5.91 Å². The number of alkyl halides is 2. The van der Waals surface area contributed by atoms with E-state index in [1.54, 1.807) is 0 Å². The Morgan fingerprint density at radius 3 is 2.43 bits per heavy atom. The molecule has 1 amide bonds. The number of aliphatic hydroxyl groups excluding tert-OH is 2. The Morgan fingerprint density at radius 1 is 1.43 bits per heavy atom. The van der Waals surface area contributed by atoms with E-state index in [1.807, 2.05) is 0 Å². The normalized spacial score (nSPS) is 33.6. The second kappa shape index (κ2) is 4.18. The molecular formula is C8H13F2NO3. The van der Waals surface area contributed by atoms with Crippen molar-refractivity contribution < 1.29 is 23.8 Å². The molecule has 82 valence electrons. The Morgan fingerprint density at radius 2 is 2.00 bits per heavy atom.